The Labute approximate surface area is 146 Å². The number of amides is 1. The molecule has 1 aromatic rings. The first-order chi connectivity index (χ1) is 11.8. The van der Waals surface area contributed by atoms with E-state index in [0.29, 0.717) is 30.7 Å². The molecule has 1 amide bonds. The van der Waals surface area contributed by atoms with Crippen molar-refractivity contribution in [1.82, 2.24) is 0 Å². The molecule has 0 unspecified atom stereocenters. The molecular weight excluding hydrogens is 322 g/mol. The van der Waals surface area contributed by atoms with E-state index < -0.39 is 11.6 Å². The zero-order valence-electron chi connectivity index (χ0n) is 14.3. The molecule has 7 nitrogen and oxygen atoms in total. The van der Waals surface area contributed by atoms with Crippen molar-refractivity contribution in [2.45, 2.75) is 51.3 Å². The van der Waals surface area contributed by atoms with Crippen LogP contribution in [-0.2, 0) is 4.79 Å². The van der Waals surface area contributed by atoms with Gasteiger partial charge < -0.3 is 15.2 Å². The molecule has 2 N–H and O–H groups in total. The van der Waals surface area contributed by atoms with Crippen molar-refractivity contribution in [1.29, 1.82) is 0 Å². The summed E-state index contributed by atoms with van der Waals surface area (Å²) in [6.45, 7) is 3.70. The summed E-state index contributed by atoms with van der Waals surface area (Å²) >= 11 is 0. The number of carbonyl (C=O) groups is 2. The summed E-state index contributed by atoms with van der Waals surface area (Å²) in [4.78, 5) is 23.4. The van der Waals surface area contributed by atoms with Gasteiger partial charge in [0, 0.05) is 25.7 Å². The number of carbonyl (C=O) groups excluding carboxylic acids is 1. The fourth-order valence-corrected chi connectivity index (χ4v) is 2.31. The number of nitrogens with zero attached hydrogens (tertiary/aromatic N) is 2. The fraction of sp³-hybridized carbons (Fsp3) is 0.444. The molecule has 132 valence electrons. The third-order valence-electron chi connectivity index (χ3n) is 3.67. The van der Waals surface area contributed by atoms with Gasteiger partial charge in [-0.05, 0) is 32.0 Å². The lowest BCUT2D eigenvalue weighted by Gasteiger charge is -2.16. The highest BCUT2D eigenvalue weighted by atomic mass is 16.5. The third-order valence-corrected chi connectivity index (χ3v) is 3.67. The van der Waals surface area contributed by atoms with Crippen LogP contribution in [0, 0.1) is 12.3 Å². The Balaban J connectivity index is 2.02. The van der Waals surface area contributed by atoms with E-state index in [1.165, 1.54) is 12.1 Å². The topological polar surface area (TPSA) is 100 Å². The van der Waals surface area contributed by atoms with Gasteiger partial charge in [0.05, 0.1) is 17.4 Å². The first-order valence-corrected chi connectivity index (χ1v) is 8.06. The quantitative estimate of drug-likeness (QED) is 0.670. The van der Waals surface area contributed by atoms with E-state index in [0.717, 1.165) is 0 Å². The number of carboxylic acids is 1. The van der Waals surface area contributed by atoms with Crippen LogP contribution < -0.4 is 10.1 Å². The zero-order chi connectivity index (χ0) is 18.4. The third kappa shape index (κ3) is 5.31. The smallest absolute Gasteiger partial charge is 0.335 e. The number of aromatic carboxylic acids is 1. The van der Waals surface area contributed by atoms with Gasteiger partial charge in [-0.25, -0.2) is 4.79 Å². The zero-order valence-corrected chi connectivity index (χ0v) is 14.3. The summed E-state index contributed by atoms with van der Waals surface area (Å²) in [6.07, 6.45) is 7.00. The molecule has 0 radical (unpaired) electrons. The average Bonchev–Trinajstić information content (AvgIpc) is 3.32. The number of ether oxygens (including phenoxy) is 1. The molecule has 1 aliphatic heterocycles. The van der Waals surface area contributed by atoms with E-state index in [1.54, 1.807) is 6.07 Å². The summed E-state index contributed by atoms with van der Waals surface area (Å²) in [5, 5.41) is 19.8. The number of anilines is 1. The molecule has 0 aromatic heterocycles. The lowest BCUT2D eigenvalue weighted by atomic mass is 10.0. The van der Waals surface area contributed by atoms with Gasteiger partial charge in [-0.3, -0.25) is 4.79 Å². The Kier molecular flexibility index (Phi) is 5.75. The van der Waals surface area contributed by atoms with E-state index in [-0.39, 0.29) is 24.0 Å². The second-order valence-electron chi connectivity index (χ2n) is 6.12. The molecule has 1 heterocycles. The summed E-state index contributed by atoms with van der Waals surface area (Å²) in [5.74, 6) is 1.64. The number of hydrogen-bond acceptors (Lipinski definition) is 5. The number of benzene rings is 1. The maximum atomic E-state index is 12.2. The molecule has 0 spiro atoms. The van der Waals surface area contributed by atoms with E-state index in [2.05, 4.69) is 21.5 Å². The van der Waals surface area contributed by atoms with Crippen LogP contribution in [0.1, 0.15) is 49.9 Å². The predicted molar refractivity (Wildman–Crippen MR) is 92.7 cm³/mol. The highest BCUT2D eigenvalue weighted by Gasteiger charge is 2.39. The van der Waals surface area contributed by atoms with Gasteiger partial charge in [-0.2, -0.15) is 10.2 Å². The van der Waals surface area contributed by atoms with Crippen molar-refractivity contribution in [3.8, 4) is 18.1 Å². The molecule has 25 heavy (non-hydrogen) atoms. The maximum Gasteiger partial charge on any atom is 0.335 e. The van der Waals surface area contributed by atoms with Crippen molar-refractivity contribution in [2.24, 2.45) is 10.2 Å². The molecular formula is C18H21N3O4. The van der Waals surface area contributed by atoms with Gasteiger partial charge in [0.25, 0.3) is 0 Å². The Morgan fingerprint density at radius 1 is 1.36 bits per heavy atom. The fourth-order valence-electron chi connectivity index (χ4n) is 2.31. The Morgan fingerprint density at radius 3 is 2.64 bits per heavy atom. The van der Waals surface area contributed by atoms with Crippen LogP contribution in [0.25, 0.3) is 0 Å². The molecule has 0 aliphatic carbocycles. The Hall–Kier alpha value is -2.88. The van der Waals surface area contributed by atoms with Crippen molar-refractivity contribution in [3.63, 3.8) is 0 Å². The van der Waals surface area contributed by atoms with Crippen molar-refractivity contribution in [2.75, 3.05) is 5.32 Å². The van der Waals surface area contributed by atoms with Crippen LogP contribution in [0.2, 0.25) is 0 Å². The van der Waals surface area contributed by atoms with Gasteiger partial charge in [0.15, 0.2) is 5.66 Å². The van der Waals surface area contributed by atoms with Gasteiger partial charge in [0.2, 0.25) is 5.91 Å². The molecule has 0 saturated heterocycles. The standard InChI is InChI=1S/C18H21N3O4/c1-4-5-9-18(20-21-18)10-8-16(22)19-14-11-13(17(23)24)6-7-15(14)25-12(2)3/h1,6-7,11-12H,5,8-10H2,2-3H3,(H,19,22)(H,23,24). The first-order valence-electron chi connectivity index (χ1n) is 8.06. The molecule has 0 fully saturated rings. The first kappa shape index (κ1) is 18.5. The molecule has 0 atom stereocenters. The van der Waals surface area contributed by atoms with Gasteiger partial charge in [0.1, 0.15) is 5.75 Å². The van der Waals surface area contributed by atoms with Crippen molar-refractivity contribution in [3.05, 3.63) is 23.8 Å². The van der Waals surface area contributed by atoms with Crippen molar-refractivity contribution < 1.29 is 19.4 Å². The van der Waals surface area contributed by atoms with Gasteiger partial charge in [-0.15, -0.1) is 12.3 Å². The van der Waals surface area contributed by atoms with E-state index in [9.17, 15) is 9.59 Å². The molecule has 0 bridgehead atoms. The lowest BCUT2D eigenvalue weighted by Crippen LogP contribution is -2.19. The molecule has 1 aromatic carbocycles. The molecule has 7 heteroatoms. The van der Waals surface area contributed by atoms with Gasteiger partial charge in [-0.1, -0.05) is 0 Å². The second kappa shape index (κ2) is 7.79. The average molecular weight is 343 g/mol. The number of hydrogen-bond donors (Lipinski definition) is 2. The number of rotatable bonds is 9. The Bertz CT molecular complexity index is 728. The lowest BCUT2D eigenvalue weighted by molar-refractivity contribution is -0.116. The number of terminal acetylenes is 1. The Morgan fingerprint density at radius 2 is 2.08 bits per heavy atom. The van der Waals surface area contributed by atoms with Crippen LogP contribution in [0.15, 0.2) is 28.4 Å². The minimum atomic E-state index is -1.07. The van der Waals surface area contributed by atoms with Crippen LogP contribution >= 0.6 is 0 Å². The predicted octanol–water partition coefficient (Wildman–Crippen LogP) is 3.47. The highest BCUT2D eigenvalue weighted by Crippen LogP contribution is 2.37. The number of carboxylic acid groups (broad SMARTS) is 1. The number of nitrogens with one attached hydrogen (secondary N) is 1. The summed E-state index contributed by atoms with van der Waals surface area (Å²) < 4.78 is 5.62. The molecule has 1 aliphatic rings. The normalized spacial score (nSPS) is 14.0. The van der Waals surface area contributed by atoms with Crippen LogP contribution in [0.3, 0.4) is 0 Å². The highest BCUT2D eigenvalue weighted by molar-refractivity contribution is 5.95. The second-order valence-corrected chi connectivity index (χ2v) is 6.12. The van der Waals surface area contributed by atoms with E-state index in [1.807, 2.05) is 13.8 Å². The largest absolute Gasteiger partial charge is 0.489 e. The van der Waals surface area contributed by atoms with Crippen LogP contribution in [0.5, 0.6) is 5.75 Å². The minimum Gasteiger partial charge on any atom is -0.489 e. The SMILES string of the molecule is C#CCCC1(CCC(=O)Nc2cc(C(=O)O)ccc2OC(C)C)N=N1. The van der Waals surface area contributed by atoms with Gasteiger partial charge >= 0.3 is 5.97 Å². The summed E-state index contributed by atoms with van der Waals surface area (Å²) in [6, 6.07) is 4.36. The maximum absolute atomic E-state index is 12.2. The molecule has 2 rings (SSSR count). The van der Waals surface area contributed by atoms with Crippen molar-refractivity contribution >= 4 is 17.6 Å². The van der Waals surface area contributed by atoms with E-state index in [4.69, 9.17) is 16.3 Å². The van der Waals surface area contributed by atoms with Crippen LogP contribution in [0.4, 0.5) is 5.69 Å². The molecule has 0 saturated carbocycles. The monoisotopic (exact) mass is 343 g/mol. The van der Waals surface area contributed by atoms with E-state index >= 15 is 0 Å². The summed E-state index contributed by atoms with van der Waals surface area (Å²) in [7, 11) is 0. The summed E-state index contributed by atoms with van der Waals surface area (Å²) in [5.41, 5.74) is -0.116. The minimum absolute atomic E-state index is 0.0732. The van der Waals surface area contributed by atoms with Crippen LogP contribution in [-0.4, -0.2) is 28.7 Å².